The second kappa shape index (κ2) is 4.28. The van der Waals surface area contributed by atoms with Gasteiger partial charge in [-0.1, -0.05) is 19.9 Å². The first-order valence-corrected chi connectivity index (χ1v) is 6.11. The summed E-state index contributed by atoms with van der Waals surface area (Å²) in [5.41, 5.74) is 0.872. The van der Waals surface area contributed by atoms with Gasteiger partial charge in [-0.2, -0.15) is 0 Å². The number of aromatic hydroxyl groups is 1. The highest BCUT2D eigenvalue weighted by atomic mass is 16.3. The third kappa shape index (κ3) is 2.08. The van der Waals surface area contributed by atoms with Crippen molar-refractivity contribution in [1.82, 2.24) is 5.32 Å². The molecule has 4 nitrogen and oxygen atoms in total. The van der Waals surface area contributed by atoms with Crippen LogP contribution in [0.1, 0.15) is 36.2 Å². The van der Waals surface area contributed by atoms with Crippen molar-refractivity contribution < 1.29 is 15.0 Å². The zero-order valence-electron chi connectivity index (χ0n) is 10.9. The van der Waals surface area contributed by atoms with E-state index in [0.717, 1.165) is 5.56 Å². The summed E-state index contributed by atoms with van der Waals surface area (Å²) < 4.78 is 0. The maximum Gasteiger partial charge on any atom is 0.255 e. The molecule has 0 aromatic heterocycles. The Morgan fingerprint density at radius 1 is 1.44 bits per heavy atom. The van der Waals surface area contributed by atoms with Crippen LogP contribution in [0.4, 0.5) is 0 Å². The first kappa shape index (κ1) is 12.9. The number of aliphatic hydroxyl groups is 1. The van der Waals surface area contributed by atoms with E-state index in [1.807, 2.05) is 20.8 Å². The van der Waals surface area contributed by atoms with Crippen LogP contribution < -0.4 is 5.32 Å². The van der Waals surface area contributed by atoms with Gasteiger partial charge in [0.05, 0.1) is 11.7 Å². The molecule has 0 aliphatic heterocycles. The fraction of sp³-hybridized carbons (Fsp3) is 0.500. The molecule has 3 N–H and O–H groups in total. The molecule has 1 amide bonds. The molecule has 1 aliphatic rings. The third-order valence-corrected chi connectivity index (χ3v) is 3.92. The number of phenols is 1. The molecule has 2 unspecified atom stereocenters. The van der Waals surface area contributed by atoms with Gasteiger partial charge in [-0.3, -0.25) is 4.79 Å². The summed E-state index contributed by atoms with van der Waals surface area (Å²) >= 11 is 0. The summed E-state index contributed by atoms with van der Waals surface area (Å²) in [5.74, 6) is -0.303. The lowest BCUT2D eigenvalue weighted by atomic mass is 9.64. The Balaban J connectivity index is 2.09. The number of carbonyl (C=O) groups excluding carboxylic acids is 1. The van der Waals surface area contributed by atoms with E-state index in [2.05, 4.69) is 5.32 Å². The van der Waals surface area contributed by atoms with Gasteiger partial charge in [-0.25, -0.2) is 0 Å². The van der Waals surface area contributed by atoms with Crippen LogP contribution in [0, 0.1) is 12.3 Å². The van der Waals surface area contributed by atoms with Crippen molar-refractivity contribution in [1.29, 1.82) is 0 Å². The molecule has 0 bridgehead atoms. The number of nitrogens with one attached hydrogen (secondary N) is 1. The SMILES string of the molecule is Cc1ccc(C(=O)NC2CC(O)C2(C)C)c(O)c1. The second-order valence-electron chi connectivity index (χ2n) is 5.62. The Bertz CT molecular complexity index is 482. The fourth-order valence-corrected chi connectivity index (χ4v) is 2.22. The van der Waals surface area contributed by atoms with Crippen molar-refractivity contribution >= 4 is 5.91 Å². The van der Waals surface area contributed by atoms with E-state index in [0.29, 0.717) is 6.42 Å². The van der Waals surface area contributed by atoms with Crippen LogP contribution in [0.3, 0.4) is 0 Å². The normalized spacial score (nSPS) is 25.3. The number of hydrogen-bond donors (Lipinski definition) is 3. The molecule has 1 fully saturated rings. The molecule has 1 saturated carbocycles. The van der Waals surface area contributed by atoms with E-state index < -0.39 is 0 Å². The largest absolute Gasteiger partial charge is 0.507 e. The Morgan fingerprint density at radius 3 is 2.61 bits per heavy atom. The van der Waals surface area contributed by atoms with Crippen molar-refractivity contribution in [2.24, 2.45) is 5.41 Å². The highest BCUT2D eigenvalue weighted by Crippen LogP contribution is 2.40. The molecular weight excluding hydrogens is 230 g/mol. The van der Waals surface area contributed by atoms with Crippen LogP contribution >= 0.6 is 0 Å². The third-order valence-electron chi connectivity index (χ3n) is 3.92. The van der Waals surface area contributed by atoms with Gasteiger partial charge in [-0.05, 0) is 31.0 Å². The molecule has 1 aliphatic carbocycles. The molecule has 0 radical (unpaired) electrons. The lowest BCUT2D eigenvalue weighted by molar-refractivity contribution is -0.0689. The number of aryl methyl sites for hydroxylation is 1. The first-order valence-electron chi connectivity index (χ1n) is 6.11. The number of aliphatic hydroxyl groups excluding tert-OH is 1. The fourth-order valence-electron chi connectivity index (χ4n) is 2.22. The van der Waals surface area contributed by atoms with Crippen molar-refractivity contribution in [3.63, 3.8) is 0 Å². The summed E-state index contributed by atoms with van der Waals surface area (Å²) in [6, 6.07) is 4.91. The van der Waals surface area contributed by atoms with Gasteiger partial charge in [0.25, 0.3) is 5.91 Å². The Morgan fingerprint density at radius 2 is 2.11 bits per heavy atom. The highest BCUT2D eigenvalue weighted by molar-refractivity contribution is 5.97. The van der Waals surface area contributed by atoms with Crippen LogP contribution in [0.25, 0.3) is 0 Å². The predicted molar refractivity (Wildman–Crippen MR) is 68.5 cm³/mol. The second-order valence-corrected chi connectivity index (χ2v) is 5.62. The minimum absolute atomic E-state index is 0.00909. The van der Waals surface area contributed by atoms with E-state index in [1.165, 1.54) is 0 Å². The topological polar surface area (TPSA) is 69.6 Å². The summed E-state index contributed by atoms with van der Waals surface area (Å²) in [7, 11) is 0. The summed E-state index contributed by atoms with van der Waals surface area (Å²) in [5, 5.41) is 22.2. The van der Waals surface area contributed by atoms with Gasteiger partial charge in [0.2, 0.25) is 0 Å². The molecule has 0 heterocycles. The van der Waals surface area contributed by atoms with E-state index in [1.54, 1.807) is 18.2 Å². The van der Waals surface area contributed by atoms with Gasteiger partial charge in [0.15, 0.2) is 0 Å². The monoisotopic (exact) mass is 249 g/mol. The molecule has 1 aromatic carbocycles. The van der Waals surface area contributed by atoms with Crippen LogP contribution in [-0.4, -0.2) is 28.3 Å². The quantitative estimate of drug-likeness (QED) is 0.745. The van der Waals surface area contributed by atoms with Crippen LogP contribution in [0.5, 0.6) is 5.75 Å². The molecular formula is C14H19NO3. The van der Waals surface area contributed by atoms with Crippen molar-refractivity contribution in [2.45, 2.75) is 39.3 Å². The number of rotatable bonds is 2. The lowest BCUT2D eigenvalue weighted by Crippen LogP contribution is -2.61. The average molecular weight is 249 g/mol. The van der Waals surface area contributed by atoms with E-state index in [4.69, 9.17) is 0 Å². The van der Waals surface area contributed by atoms with Crippen LogP contribution in [0.15, 0.2) is 18.2 Å². The molecule has 0 spiro atoms. The molecule has 1 aromatic rings. The number of benzene rings is 1. The Labute approximate surface area is 107 Å². The summed E-state index contributed by atoms with van der Waals surface area (Å²) in [6.45, 7) is 5.69. The van der Waals surface area contributed by atoms with Gasteiger partial charge in [0.1, 0.15) is 5.75 Å². The number of carbonyl (C=O) groups is 1. The van der Waals surface area contributed by atoms with Crippen molar-refractivity contribution in [3.8, 4) is 5.75 Å². The van der Waals surface area contributed by atoms with Crippen molar-refractivity contribution in [2.75, 3.05) is 0 Å². The molecule has 98 valence electrons. The smallest absolute Gasteiger partial charge is 0.255 e. The highest BCUT2D eigenvalue weighted by Gasteiger charge is 2.48. The van der Waals surface area contributed by atoms with E-state index >= 15 is 0 Å². The maximum atomic E-state index is 12.0. The molecule has 4 heteroatoms. The Kier molecular flexibility index (Phi) is 3.07. The van der Waals surface area contributed by atoms with E-state index in [-0.39, 0.29) is 34.8 Å². The van der Waals surface area contributed by atoms with Gasteiger partial charge in [0, 0.05) is 11.5 Å². The standard InChI is InChI=1S/C14H19NO3/c1-8-4-5-9(10(16)6-8)13(18)15-11-7-12(17)14(11,2)3/h4-6,11-12,16-17H,7H2,1-3H3,(H,15,18). The molecule has 2 rings (SSSR count). The minimum Gasteiger partial charge on any atom is -0.507 e. The van der Waals surface area contributed by atoms with Crippen LogP contribution in [0.2, 0.25) is 0 Å². The average Bonchev–Trinajstić information content (AvgIpc) is 2.28. The van der Waals surface area contributed by atoms with Crippen molar-refractivity contribution in [3.05, 3.63) is 29.3 Å². The lowest BCUT2D eigenvalue weighted by Gasteiger charge is -2.49. The zero-order chi connectivity index (χ0) is 13.5. The Hall–Kier alpha value is -1.55. The first-order chi connectivity index (χ1) is 8.32. The molecule has 18 heavy (non-hydrogen) atoms. The predicted octanol–water partition coefficient (Wildman–Crippen LogP) is 1.59. The molecule has 2 atom stereocenters. The van der Waals surface area contributed by atoms with Crippen LogP contribution in [-0.2, 0) is 0 Å². The number of hydrogen-bond acceptors (Lipinski definition) is 3. The van der Waals surface area contributed by atoms with Gasteiger partial charge < -0.3 is 15.5 Å². The summed E-state index contributed by atoms with van der Waals surface area (Å²) in [6.07, 6.45) is 0.181. The van der Waals surface area contributed by atoms with E-state index in [9.17, 15) is 15.0 Å². The molecule has 0 saturated heterocycles. The zero-order valence-corrected chi connectivity index (χ0v) is 10.9. The van der Waals surface area contributed by atoms with Gasteiger partial charge >= 0.3 is 0 Å². The maximum absolute atomic E-state index is 12.0. The summed E-state index contributed by atoms with van der Waals surface area (Å²) in [4.78, 5) is 12.0. The number of amides is 1. The minimum atomic E-state index is -0.380. The van der Waals surface area contributed by atoms with Gasteiger partial charge in [-0.15, -0.1) is 0 Å². The number of phenolic OH excluding ortho intramolecular Hbond substituents is 1.